The van der Waals surface area contributed by atoms with Gasteiger partial charge in [0.2, 0.25) is 0 Å². The molecule has 0 saturated heterocycles. The van der Waals surface area contributed by atoms with Crippen molar-refractivity contribution in [2.45, 2.75) is 75.7 Å². The number of anilines is 1. The van der Waals surface area contributed by atoms with E-state index in [2.05, 4.69) is 21.6 Å². The van der Waals surface area contributed by atoms with Crippen LogP contribution in [0.2, 0.25) is 0 Å². The van der Waals surface area contributed by atoms with Gasteiger partial charge in [0, 0.05) is 17.5 Å². The van der Waals surface area contributed by atoms with Crippen molar-refractivity contribution in [2.75, 3.05) is 5.32 Å². The maximum Gasteiger partial charge on any atom is 0.154 e. The number of benzene rings is 1. The normalized spacial score (nSPS) is 26.5. The molecule has 1 aliphatic heterocycles. The van der Waals surface area contributed by atoms with Crippen LogP contribution in [0.5, 0.6) is 5.75 Å². The molecule has 0 radical (unpaired) electrons. The molecule has 1 spiro atoms. The molecule has 1 aromatic heterocycles. The van der Waals surface area contributed by atoms with Gasteiger partial charge >= 0.3 is 0 Å². The Morgan fingerprint density at radius 1 is 1.07 bits per heavy atom. The lowest BCUT2D eigenvalue weighted by molar-refractivity contribution is 0.00814. The number of aliphatic hydroxyl groups is 1. The molecule has 2 atom stereocenters. The lowest BCUT2D eigenvalue weighted by Crippen LogP contribution is -2.43. The summed E-state index contributed by atoms with van der Waals surface area (Å²) in [6.45, 7) is 0.509. The summed E-state index contributed by atoms with van der Waals surface area (Å²) in [5, 5.41) is 33.3. The largest absolute Gasteiger partial charge is 0.507 e. The quantitative estimate of drug-likeness (QED) is 0.760. The molecule has 6 heteroatoms. The average Bonchev–Trinajstić information content (AvgIpc) is 3.26. The van der Waals surface area contributed by atoms with Gasteiger partial charge in [-0.1, -0.05) is 6.07 Å². The highest BCUT2D eigenvalue weighted by Gasteiger charge is 2.48. The van der Waals surface area contributed by atoms with Crippen molar-refractivity contribution in [3.8, 4) is 17.0 Å². The Morgan fingerprint density at radius 3 is 2.71 bits per heavy atom. The van der Waals surface area contributed by atoms with Crippen LogP contribution in [0.25, 0.3) is 11.3 Å². The van der Waals surface area contributed by atoms with Crippen molar-refractivity contribution in [1.29, 1.82) is 0 Å². The van der Waals surface area contributed by atoms with E-state index < -0.39 is 0 Å². The Bertz CT molecular complexity index is 970. The fourth-order valence-corrected chi connectivity index (χ4v) is 4.91. The molecule has 6 nitrogen and oxygen atoms in total. The SMILES string of the molecule is Oc1c(-c2nnc(N[C@@H]3CC[C@H]3O)c3c2CC2(CC2)OC3)ccc2c1CCC2. The number of hydrogen-bond acceptors (Lipinski definition) is 6. The first-order chi connectivity index (χ1) is 13.6. The lowest BCUT2D eigenvalue weighted by atomic mass is 9.88. The molecule has 0 amide bonds. The maximum atomic E-state index is 11.0. The molecule has 3 N–H and O–H groups in total. The number of aliphatic hydroxyl groups excluding tert-OH is 1. The first-order valence-corrected chi connectivity index (χ1v) is 10.4. The Hall–Kier alpha value is -2.18. The molecule has 2 saturated carbocycles. The van der Waals surface area contributed by atoms with Crippen LogP contribution in [0, 0.1) is 0 Å². The average molecular weight is 379 g/mol. The summed E-state index contributed by atoms with van der Waals surface area (Å²) in [5.74, 6) is 1.09. The van der Waals surface area contributed by atoms with E-state index in [1.807, 2.05) is 6.07 Å². The van der Waals surface area contributed by atoms with Gasteiger partial charge in [-0.25, -0.2) is 0 Å². The fraction of sp³-hybridized carbons (Fsp3) is 0.545. The number of phenolic OH excluding ortho intramolecular Hbond substituents is 1. The third-order valence-corrected chi connectivity index (χ3v) is 7.08. The van der Waals surface area contributed by atoms with Crippen LogP contribution in [0.1, 0.15) is 54.4 Å². The standard InChI is InChI=1S/C22H25N3O3/c26-18-7-6-17(18)23-21-16-11-28-22(8-9-22)10-15(16)19(24-25-21)14-5-4-12-2-1-3-13(12)20(14)27/h4-5,17-18,26-27H,1-3,6-11H2,(H,23,25)/t17-,18-/m1/s1. The molecule has 4 aliphatic rings. The summed E-state index contributed by atoms with van der Waals surface area (Å²) < 4.78 is 6.17. The highest BCUT2D eigenvalue weighted by Crippen LogP contribution is 2.50. The number of aromatic nitrogens is 2. The molecule has 28 heavy (non-hydrogen) atoms. The molecule has 3 aliphatic carbocycles. The zero-order valence-electron chi connectivity index (χ0n) is 15.9. The van der Waals surface area contributed by atoms with Crippen LogP contribution in [0.4, 0.5) is 5.82 Å². The molecule has 146 valence electrons. The molecular formula is C22H25N3O3. The van der Waals surface area contributed by atoms with Crippen molar-refractivity contribution in [2.24, 2.45) is 0 Å². The van der Waals surface area contributed by atoms with Crippen molar-refractivity contribution in [3.63, 3.8) is 0 Å². The molecule has 2 fully saturated rings. The van der Waals surface area contributed by atoms with E-state index in [0.29, 0.717) is 12.4 Å². The van der Waals surface area contributed by atoms with E-state index in [4.69, 9.17) is 4.74 Å². The Labute approximate surface area is 164 Å². The number of nitrogens with one attached hydrogen (secondary N) is 1. The predicted molar refractivity (Wildman–Crippen MR) is 104 cm³/mol. The smallest absolute Gasteiger partial charge is 0.154 e. The van der Waals surface area contributed by atoms with Crippen LogP contribution in [0.3, 0.4) is 0 Å². The molecule has 1 aromatic carbocycles. The summed E-state index contributed by atoms with van der Waals surface area (Å²) in [6.07, 6.45) is 7.47. The Morgan fingerprint density at radius 2 is 1.96 bits per heavy atom. The zero-order chi connectivity index (χ0) is 18.9. The molecule has 0 unspecified atom stereocenters. The first-order valence-electron chi connectivity index (χ1n) is 10.4. The Balaban J connectivity index is 1.46. The van der Waals surface area contributed by atoms with Crippen LogP contribution >= 0.6 is 0 Å². The lowest BCUT2D eigenvalue weighted by Gasteiger charge is -2.35. The second-order valence-electron chi connectivity index (χ2n) is 8.85. The van der Waals surface area contributed by atoms with Crippen LogP contribution in [-0.2, 0) is 30.6 Å². The first kappa shape index (κ1) is 16.7. The van der Waals surface area contributed by atoms with Crippen LogP contribution in [-0.4, -0.2) is 38.2 Å². The van der Waals surface area contributed by atoms with Crippen LogP contribution in [0.15, 0.2) is 12.1 Å². The second kappa shape index (κ2) is 5.91. The number of nitrogens with zero attached hydrogens (tertiary/aromatic N) is 2. The van der Waals surface area contributed by atoms with E-state index in [1.54, 1.807) is 0 Å². The van der Waals surface area contributed by atoms with E-state index in [9.17, 15) is 10.2 Å². The molecule has 0 bridgehead atoms. The minimum atomic E-state index is -0.322. The summed E-state index contributed by atoms with van der Waals surface area (Å²) in [6, 6.07) is 4.17. The minimum absolute atomic E-state index is 0.0365. The number of phenols is 1. The molecular weight excluding hydrogens is 354 g/mol. The maximum absolute atomic E-state index is 11.0. The van der Waals surface area contributed by atoms with Crippen molar-refractivity contribution in [1.82, 2.24) is 10.2 Å². The van der Waals surface area contributed by atoms with Gasteiger partial charge in [0.25, 0.3) is 0 Å². The van der Waals surface area contributed by atoms with Gasteiger partial charge < -0.3 is 20.3 Å². The van der Waals surface area contributed by atoms with Crippen molar-refractivity contribution >= 4 is 5.82 Å². The van der Waals surface area contributed by atoms with Gasteiger partial charge in [0.1, 0.15) is 11.4 Å². The Kier molecular flexibility index (Phi) is 3.53. The third-order valence-electron chi connectivity index (χ3n) is 7.08. The number of hydrogen-bond donors (Lipinski definition) is 3. The van der Waals surface area contributed by atoms with E-state index in [-0.39, 0.29) is 17.7 Å². The second-order valence-corrected chi connectivity index (χ2v) is 8.85. The van der Waals surface area contributed by atoms with Gasteiger partial charge in [0.05, 0.1) is 24.4 Å². The number of ether oxygens (including phenoxy) is 1. The van der Waals surface area contributed by atoms with Crippen LogP contribution < -0.4 is 5.32 Å². The highest BCUT2D eigenvalue weighted by molar-refractivity contribution is 5.75. The van der Waals surface area contributed by atoms with Gasteiger partial charge in [-0.15, -0.1) is 10.2 Å². The number of aromatic hydroxyl groups is 1. The number of aryl methyl sites for hydroxylation is 1. The van der Waals surface area contributed by atoms with E-state index in [0.717, 1.165) is 85.1 Å². The number of fused-ring (bicyclic) bond motifs is 2. The number of rotatable bonds is 3. The summed E-state index contributed by atoms with van der Waals surface area (Å²) in [7, 11) is 0. The predicted octanol–water partition coefficient (Wildman–Crippen LogP) is 2.88. The monoisotopic (exact) mass is 379 g/mol. The minimum Gasteiger partial charge on any atom is -0.507 e. The van der Waals surface area contributed by atoms with Gasteiger partial charge in [-0.3, -0.25) is 0 Å². The summed E-state index contributed by atoms with van der Waals surface area (Å²) in [4.78, 5) is 0. The molecule has 2 heterocycles. The van der Waals surface area contributed by atoms with Crippen molar-refractivity contribution in [3.05, 3.63) is 34.4 Å². The molecule has 2 aromatic rings. The fourth-order valence-electron chi connectivity index (χ4n) is 4.91. The van der Waals surface area contributed by atoms with E-state index >= 15 is 0 Å². The van der Waals surface area contributed by atoms with E-state index in [1.165, 1.54) is 5.56 Å². The van der Waals surface area contributed by atoms with Gasteiger partial charge in [-0.05, 0) is 67.7 Å². The summed E-state index contributed by atoms with van der Waals surface area (Å²) in [5.41, 5.74) is 6.02. The third kappa shape index (κ3) is 2.47. The topological polar surface area (TPSA) is 87.5 Å². The van der Waals surface area contributed by atoms with Gasteiger partial charge in [0.15, 0.2) is 5.82 Å². The van der Waals surface area contributed by atoms with Crippen molar-refractivity contribution < 1.29 is 14.9 Å². The molecule has 6 rings (SSSR count). The summed E-state index contributed by atoms with van der Waals surface area (Å²) >= 11 is 0. The van der Waals surface area contributed by atoms with Gasteiger partial charge in [-0.2, -0.15) is 0 Å². The zero-order valence-corrected chi connectivity index (χ0v) is 15.9. The highest BCUT2D eigenvalue weighted by atomic mass is 16.5.